The zero-order valence-corrected chi connectivity index (χ0v) is 13.2. The summed E-state index contributed by atoms with van der Waals surface area (Å²) in [5, 5.41) is 5.54. The maximum atomic E-state index is 11.8. The number of carbonyl (C=O) groups is 3. The number of nitrogens with zero attached hydrogens (tertiary/aromatic N) is 1. The molecule has 23 heavy (non-hydrogen) atoms. The number of anilines is 2. The molecule has 2 aliphatic heterocycles. The van der Waals surface area contributed by atoms with Crippen LogP contribution in [0.25, 0.3) is 0 Å². The van der Waals surface area contributed by atoms with Crippen molar-refractivity contribution >= 4 is 29.0 Å². The van der Waals surface area contributed by atoms with Crippen molar-refractivity contribution in [1.82, 2.24) is 5.32 Å². The first kappa shape index (κ1) is 15.5. The molecule has 1 unspecified atom stereocenters. The van der Waals surface area contributed by atoms with Crippen LogP contribution in [0.15, 0.2) is 18.2 Å². The Morgan fingerprint density at radius 2 is 1.87 bits per heavy atom. The average molecular weight is 315 g/mol. The fraction of sp³-hybridized carbons (Fsp3) is 0.471. The van der Waals surface area contributed by atoms with Gasteiger partial charge in [-0.3, -0.25) is 19.7 Å². The van der Waals surface area contributed by atoms with Crippen molar-refractivity contribution in [2.24, 2.45) is 0 Å². The van der Waals surface area contributed by atoms with Gasteiger partial charge in [-0.15, -0.1) is 0 Å². The van der Waals surface area contributed by atoms with Crippen molar-refractivity contribution < 1.29 is 14.4 Å². The number of rotatable bonds is 3. The lowest BCUT2D eigenvalue weighted by molar-refractivity contribution is -0.133. The molecule has 0 radical (unpaired) electrons. The lowest BCUT2D eigenvalue weighted by Crippen LogP contribution is -2.47. The predicted molar refractivity (Wildman–Crippen MR) is 87.4 cm³/mol. The second-order valence-electron chi connectivity index (χ2n) is 6.18. The Kier molecular flexibility index (Phi) is 4.32. The summed E-state index contributed by atoms with van der Waals surface area (Å²) in [6.45, 7) is 3.56. The van der Waals surface area contributed by atoms with Crippen LogP contribution in [-0.2, 0) is 14.4 Å². The van der Waals surface area contributed by atoms with Gasteiger partial charge in [0, 0.05) is 43.7 Å². The molecule has 122 valence electrons. The van der Waals surface area contributed by atoms with Crippen LogP contribution in [0, 0.1) is 6.92 Å². The topological polar surface area (TPSA) is 78.5 Å². The minimum Gasteiger partial charge on any atom is -0.374 e. The second kappa shape index (κ2) is 6.40. The van der Waals surface area contributed by atoms with E-state index in [1.54, 1.807) is 0 Å². The van der Waals surface area contributed by atoms with E-state index in [1.807, 2.05) is 25.1 Å². The molecule has 6 heteroatoms. The van der Waals surface area contributed by atoms with Gasteiger partial charge in [0.25, 0.3) is 0 Å². The van der Waals surface area contributed by atoms with Crippen LogP contribution in [0.2, 0.25) is 0 Å². The lowest BCUT2D eigenvalue weighted by atomic mass is 10.0. The molecule has 0 saturated carbocycles. The summed E-state index contributed by atoms with van der Waals surface area (Å²) in [6, 6.07) is 5.61. The van der Waals surface area contributed by atoms with Crippen LogP contribution in [0.5, 0.6) is 0 Å². The quantitative estimate of drug-likeness (QED) is 0.824. The first-order valence-electron chi connectivity index (χ1n) is 8.00. The zero-order chi connectivity index (χ0) is 16.4. The summed E-state index contributed by atoms with van der Waals surface area (Å²) in [4.78, 5) is 36.6. The molecule has 0 aromatic heterocycles. The van der Waals surface area contributed by atoms with Gasteiger partial charge in [0.1, 0.15) is 11.8 Å². The summed E-state index contributed by atoms with van der Waals surface area (Å²) >= 11 is 0. The van der Waals surface area contributed by atoms with E-state index in [9.17, 15) is 14.4 Å². The number of hydrogen-bond donors (Lipinski definition) is 2. The molecule has 1 aromatic carbocycles. The molecule has 0 spiro atoms. The maximum Gasteiger partial charge on any atom is 0.249 e. The Labute approximate surface area is 135 Å². The highest BCUT2D eigenvalue weighted by molar-refractivity contribution is 6.01. The number of carbonyl (C=O) groups excluding carboxylic acids is 3. The third kappa shape index (κ3) is 3.52. The molecule has 2 amide bonds. The standard InChI is InChI=1S/C17H21N3O3/c1-11-10-12(18-14-3-5-16(22)19-17(14)23)2-4-15(11)20-8-6-13(21)7-9-20/h2,4,10,14,18H,3,5-9H2,1H3,(H,19,22,23). The summed E-state index contributed by atoms with van der Waals surface area (Å²) in [6.07, 6.45) is 2.09. The van der Waals surface area contributed by atoms with Gasteiger partial charge in [-0.2, -0.15) is 0 Å². The fourth-order valence-electron chi connectivity index (χ4n) is 3.13. The number of amides is 2. The molecule has 0 bridgehead atoms. The molecule has 2 heterocycles. The molecule has 3 rings (SSSR count). The predicted octanol–water partition coefficient (Wildman–Crippen LogP) is 1.38. The number of piperidine rings is 2. The summed E-state index contributed by atoms with van der Waals surface area (Å²) < 4.78 is 0. The van der Waals surface area contributed by atoms with Crippen molar-refractivity contribution in [1.29, 1.82) is 0 Å². The third-order valence-corrected chi connectivity index (χ3v) is 4.44. The van der Waals surface area contributed by atoms with Gasteiger partial charge in [0.2, 0.25) is 11.8 Å². The maximum absolute atomic E-state index is 11.8. The van der Waals surface area contributed by atoms with E-state index in [2.05, 4.69) is 15.5 Å². The Balaban J connectivity index is 1.68. The first-order valence-corrected chi connectivity index (χ1v) is 8.00. The van der Waals surface area contributed by atoms with Crippen LogP contribution in [0.4, 0.5) is 11.4 Å². The monoisotopic (exact) mass is 315 g/mol. The number of Topliss-reactive ketones (excluding diaryl/α,β-unsaturated/α-hetero) is 1. The van der Waals surface area contributed by atoms with Crippen molar-refractivity contribution in [2.45, 2.75) is 38.6 Å². The van der Waals surface area contributed by atoms with Gasteiger partial charge in [0.15, 0.2) is 0 Å². The van der Waals surface area contributed by atoms with Crippen molar-refractivity contribution in [3.05, 3.63) is 23.8 Å². The van der Waals surface area contributed by atoms with E-state index in [1.165, 1.54) is 0 Å². The third-order valence-electron chi connectivity index (χ3n) is 4.44. The van der Waals surface area contributed by atoms with Gasteiger partial charge in [-0.1, -0.05) is 0 Å². The second-order valence-corrected chi connectivity index (χ2v) is 6.18. The van der Waals surface area contributed by atoms with Crippen molar-refractivity contribution in [3.8, 4) is 0 Å². The molecule has 2 N–H and O–H groups in total. The number of benzene rings is 1. The molecule has 1 atom stereocenters. The van der Waals surface area contributed by atoms with Crippen LogP contribution < -0.4 is 15.5 Å². The zero-order valence-electron chi connectivity index (χ0n) is 13.2. The van der Waals surface area contributed by atoms with Gasteiger partial charge in [0.05, 0.1) is 0 Å². The Hall–Kier alpha value is -2.37. The smallest absolute Gasteiger partial charge is 0.249 e. The van der Waals surface area contributed by atoms with Crippen molar-refractivity contribution in [2.75, 3.05) is 23.3 Å². The van der Waals surface area contributed by atoms with Gasteiger partial charge in [-0.05, 0) is 37.1 Å². The molecule has 6 nitrogen and oxygen atoms in total. The van der Waals surface area contributed by atoms with Crippen LogP contribution in [0.3, 0.4) is 0 Å². The highest BCUT2D eigenvalue weighted by atomic mass is 16.2. The van der Waals surface area contributed by atoms with E-state index in [4.69, 9.17) is 0 Å². The number of aryl methyl sites for hydroxylation is 1. The molecule has 1 aromatic rings. The number of imide groups is 1. The average Bonchev–Trinajstić information content (AvgIpc) is 2.51. The van der Waals surface area contributed by atoms with Gasteiger partial charge < -0.3 is 10.2 Å². The number of hydrogen-bond acceptors (Lipinski definition) is 5. The minimum absolute atomic E-state index is 0.209. The Morgan fingerprint density at radius 1 is 1.13 bits per heavy atom. The summed E-state index contributed by atoms with van der Waals surface area (Å²) in [7, 11) is 0. The van der Waals surface area contributed by atoms with Crippen LogP contribution >= 0.6 is 0 Å². The SMILES string of the molecule is Cc1cc(NC2CCC(=O)NC2=O)ccc1N1CCC(=O)CC1. The van der Waals surface area contributed by atoms with E-state index in [-0.39, 0.29) is 17.9 Å². The van der Waals surface area contributed by atoms with E-state index < -0.39 is 0 Å². The van der Waals surface area contributed by atoms with E-state index in [0.29, 0.717) is 31.5 Å². The summed E-state index contributed by atoms with van der Waals surface area (Å²) in [5.41, 5.74) is 3.11. The molecule has 2 aliphatic rings. The molecular formula is C17H21N3O3. The highest BCUT2D eigenvalue weighted by Crippen LogP contribution is 2.26. The van der Waals surface area contributed by atoms with E-state index >= 15 is 0 Å². The van der Waals surface area contributed by atoms with Gasteiger partial charge in [-0.25, -0.2) is 0 Å². The Morgan fingerprint density at radius 3 is 2.52 bits per heavy atom. The normalized spacial score (nSPS) is 22.0. The van der Waals surface area contributed by atoms with Crippen LogP contribution in [-0.4, -0.2) is 36.7 Å². The number of ketones is 1. The van der Waals surface area contributed by atoms with Gasteiger partial charge >= 0.3 is 0 Å². The van der Waals surface area contributed by atoms with Crippen LogP contribution in [0.1, 0.15) is 31.2 Å². The Bertz CT molecular complexity index is 646. The molecule has 0 aliphatic carbocycles. The highest BCUT2D eigenvalue weighted by Gasteiger charge is 2.26. The molecule has 2 saturated heterocycles. The number of nitrogens with one attached hydrogen (secondary N) is 2. The minimum atomic E-state index is -0.370. The molecule has 2 fully saturated rings. The first-order chi connectivity index (χ1) is 11.0. The van der Waals surface area contributed by atoms with E-state index in [0.717, 1.165) is 30.0 Å². The lowest BCUT2D eigenvalue weighted by Gasteiger charge is -2.30. The summed E-state index contributed by atoms with van der Waals surface area (Å²) in [5.74, 6) is -0.146. The largest absolute Gasteiger partial charge is 0.374 e. The fourth-order valence-corrected chi connectivity index (χ4v) is 3.13. The molecular weight excluding hydrogens is 294 g/mol. The van der Waals surface area contributed by atoms with Crippen molar-refractivity contribution in [3.63, 3.8) is 0 Å².